The number of nitro groups is 1. The van der Waals surface area contributed by atoms with Crippen molar-refractivity contribution in [1.29, 1.82) is 0 Å². The van der Waals surface area contributed by atoms with Gasteiger partial charge in [0, 0.05) is 31.1 Å². The first-order valence-electron chi connectivity index (χ1n) is 9.53. The van der Waals surface area contributed by atoms with E-state index in [0.717, 1.165) is 0 Å². The quantitative estimate of drug-likeness (QED) is 0.508. The van der Waals surface area contributed by atoms with Crippen LogP contribution in [0.5, 0.6) is 11.5 Å². The number of rotatable bonds is 7. The number of nitrogens with zero attached hydrogens (tertiary/aromatic N) is 2. The highest BCUT2D eigenvalue weighted by Crippen LogP contribution is 2.31. The number of piperidine rings is 1. The molecule has 1 amide bonds. The summed E-state index contributed by atoms with van der Waals surface area (Å²) in [4.78, 5) is 23.3. The Morgan fingerprint density at radius 3 is 2.29 bits per heavy atom. The second kappa shape index (κ2) is 9.31. The van der Waals surface area contributed by atoms with Crippen LogP contribution in [0.15, 0.2) is 47.4 Å². The molecule has 0 atom stereocenters. The number of nitro benzene ring substituents is 1. The summed E-state index contributed by atoms with van der Waals surface area (Å²) < 4.78 is 37.3. The number of hydrogen-bond donors (Lipinski definition) is 1. The van der Waals surface area contributed by atoms with E-state index in [4.69, 9.17) is 9.47 Å². The lowest BCUT2D eigenvalue weighted by Gasteiger charge is -2.30. The normalized spacial score (nSPS) is 15.3. The number of sulfonamides is 1. The van der Waals surface area contributed by atoms with Gasteiger partial charge in [-0.1, -0.05) is 0 Å². The van der Waals surface area contributed by atoms with Crippen molar-refractivity contribution in [3.63, 3.8) is 0 Å². The number of anilines is 1. The molecule has 1 heterocycles. The number of nitrogens with one attached hydrogen (secondary N) is 1. The Bertz CT molecular complexity index is 1060. The average Bonchev–Trinajstić information content (AvgIpc) is 2.79. The molecule has 10 nitrogen and oxygen atoms in total. The van der Waals surface area contributed by atoms with Gasteiger partial charge in [-0.25, -0.2) is 8.42 Å². The fourth-order valence-electron chi connectivity index (χ4n) is 3.40. The van der Waals surface area contributed by atoms with Crippen LogP contribution in [0, 0.1) is 16.0 Å². The summed E-state index contributed by atoms with van der Waals surface area (Å²) in [6, 6.07) is 10.1. The van der Waals surface area contributed by atoms with E-state index in [0.29, 0.717) is 24.3 Å². The van der Waals surface area contributed by atoms with Crippen LogP contribution in [-0.2, 0) is 14.8 Å². The zero-order valence-corrected chi connectivity index (χ0v) is 17.9. The number of hydrogen-bond acceptors (Lipinski definition) is 7. The smallest absolute Gasteiger partial charge is 0.271 e. The Hall–Kier alpha value is -3.18. The maximum absolute atomic E-state index is 12.8. The van der Waals surface area contributed by atoms with Crippen molar-refractivity contribution in [3.8, 4) is 11.5 Å². The van der Waals surface area contributed by atoms with Gasteiger partial charge in [0.1, 0.15) is 11.5 Å². The van der Waals surface area contributed by atoms with Crippen LogP contribution in [0.2, 0.25) is 0 Å². The summed E-state index contributed by atoms with van der Waals surface area (Å²) in [5.41, 5.74) is 0.0338. The maximum atomic E-state index is 12.8. The Labute approximate surface area is 180 Å². The minimum Gasteiger partial charge on any atom is -0.497 e. The summed E-state index contributed by atoms with van der Waals surface area (Å²) in [5.74, 6) is 0.107. The third kappa shape index (κ3) is 4.94. The monoisotopic (exact) mass is 449 g/mol. The zero-order valence-electron chi connectivity index (χ0n) is 17.1. The second-order valence-corrected chi connectivity index (χ2v) is 8.92. The van der Waals surface area contributed by atoms with Gasteiger partial charge in [0.15, 0.2) is 0 Å². The highest BCUT2D eigenvalue weighted by Gasteiger charge is 2.32. The summed E-state index contributed by atoms with van der Waals surface area (Å²) in [6.07, 6.45) is 0.664. The Morgan fingerprint density at radius 1 is 1.10 bits per heavy atom. The Balaban J connectivity index is 1.66. The molecule has 2 aromatic rings. The largest absolute Gasteiger partial charge is 0.497 e. The van der Waals surface area contributed by atoms with Gasteiger partial charge in [-0.3, -0.25) is 14.9 Å². The van der Waals surface area contributed by atoms with Gasteiger partial charge in [0.2, 0.25) is 15.9 Å². The SMILES string of the molecule is COc1ccc(S(=O)(=O)N2CCC(C(=O)Nc3cc([N+](=O)[O-])ccc3OC)CC2)cc1. The first kappa shape index (κ1) is 22.5. The number of benzene rings is 2. The minimum absolute atomic E-state index is 0.164. The van der Waals surface area contributed by atoms with Crippen molar-refractivity contribution in [2.75, 3.05) is 32.6 Å². The number of carbonyl (C=O) groups excluding carboxylic acids is 1. The summed E-state index contributed by atoms with van der Waals surface area (Å²) in [7, 11) is -0.765. The van der Waals surface area contributed by atoms with Gasteiger partial charge in [0.25, 0.3) is 5.69 Å². The Kier molecular flexibility index (Phi) is 6.76. The van der Waals surface area contributed by atoms with Gasteiger partial charge in [-0.05, 0) is 43.2 Å². The minimum atomic E-state index is -3.67. The molecule has 0 radical (unpaired) electrons. The number of carbonyl (C=O) groups is 1. The third-order valence-electron chi connectivity index (χ3n) is 5.17. The number of ether oxygens (including phenoxy) is 2. The summed E-state index contributed by atoms with van der Waals surface area (Å²) in [6.45, 7) is 0.386. The van der Waals surface area contributed by atoms with E-state index in [2.05, 4.69) is 5.32 Å². The molecule has 0 unspecified atom stereocenters. The molecule has 0 spiro atoms. The van der Waals surface area contributed by atoms with E-state index in [-0.39, 0.29) is 35.3 Å². The number of methoxy groups -OCH3 is 2. The fourth-order valence-corrected chi connectivity index (χ4v) is 4.87. The van der Waals surface area contributed by atoms with E-state index >= 15 is 0 Å². The third-order valence-corrected chi connectivity index (χ3v) is 7.09. The van der Waals surface area contributed by atoms with Crippen LogP contribution in [0.3, 0.4) is 0 Å². The average molecular weight is 449 g/mol. The highest BCUT2D eigenvalue weighted by molar-refractivity contribution is 7.89. The molecule has 3 rings (SSSR count). The van der Waals surface area contributed by atoms with E-state index in [1.165, 1.54) is 48.9 Å². The topological polar surface area (TPSA) is 128 Å². The van der Waals surface area contributed by atoms with E-state index in [1.807, 2.05) is 0 Å². The molecular weight excluding hydrogens is 426 g/mol. The molecule has 1 fully saturated rings. The lowest BCUT2D eigenvalue weighted by molar-refractivity contribution is -0.384. The van der Waals surface area contributed by atoms with E-state index in [9.17, 15) is 23.3 Å². The molecule has 166 valence electrons. The molecule has 1 aliphatic rings. The summed E-state index contributed by atoms with van der Waals surface area (Å²) in [5, 5.41) is 13.7. The molecule has 2 aromatic carbocycles. The fraction of sp³-hybridized carbons (Fsp3) is 0.350. The van der Waals surface area contributed by atoms with Gasteiger partial charge >= 0.3 is 0 Å². The molecular formula is C20H23N3O7S. The van der Waals surface area contributed by atoms with Gasteiger partial charge < -0.3 is 14.8 Å². The standard InChI is InChI=1S/C20H23N3O7S/c1-29-16-4-6-17(7-5-16)31(27,28)22-11-9-14(10-12-22)20(24)21-18-13-15(23(25)26)3-8-19(18)30-2/h3-8,13-14H,9-12H2,1-2H3,(H,21,24). The predicted molar refractivity (Wildman–Crippen MR) is 113 cm³/mol. The zero-order chi connectivity index (χ0) is 22.6. The van der Waals surface area contributed by atoms with Crippen LogP contribution in [0.1, 0.15) is 12.8 Å². The van der Waals surface area contributed by atoms with Gasteiger partial charge in [-0.15, -0.1) is 0 Å². The molecule has 0 saturated carbocycles. The number of non-ortho nitro benzene ring substituents is 1. The van der Waals surface area contributed by atoms with Crippen LogP contribution >= 0.6 is 0 Å². The van der Waals surface area contributed by atoms with Crippen LogP contribution < -0.4 is 14.8 Å². The molecule has 0 aromatic heterocycles. The van der Waals surface area contributed by atoms with Crippen LogP contribution in [0.25, 0.3) is 0 Å². The molecule has 1 aliphatic heterocycles. The molecule has 0 bridgehead atoms. The lowest BCUT2D eigenvalue weighted by Crippen LogP contribution is -2.41. The Morgan fingerprint density at radius 2 is 1.74 bits per heavy atom. The van der Waals surface area contributed by atoms with Crippen LogP contribution in [0.4, 0.5) is 11.4 Å². The van der Waals surface area contributed by atoms with Gasteiger partial charge in [0.05, 0.1) is 29.7 Å². The van der Waals surface area contributed by atoms with Crippen molar-refractivity contribution in [2.24, 2.45) is 5.92 Å². The van der Waals surface area contributed by atoms with Crippen molar-refractivity contribution in [1.82, 2.24) is 4.31 Å². The molecule has 1 N–H and O–H groups in total. The van der Waals surface area contributed by atoms with Gasteiger partial charge in [-0.2, -0.15) is 4.31 Å². The predicted octanol–water partition coefficient (Wildman–Crippen LogP) is 2.65. The van der Waals surface area contributed by atoms with E-state index in [1.54, 1.807) is 12.1 Å². The highest BCUT2D eigenvalue weighted by atomic mass is 32.2. The first-order chi connectivity index (χ1) is 14.8. The van der Waals surface area contributed by atoms with Crippen molar-refractivity contribution in [3.05, 3.63) is 52.6 Å². The summed E-state index contributed by atoms with van der Waals surface area (Å²) >= 11 is 0. The molecule has 0 aliphatic carbocycles. The van der Waals surface area contributed by atoms with Crippen molar-refractivity contribution < 1.29 is 27.6 Å². The second-order valence-electron chi connectivity index (χ2n) is 6.98. The molecule has 1 saturated heterocycles. The molecule has 11 heteroatoms. The van der Waals surface area contributed by atoms with Crippen LogP contribution in [-0.4, -0.2) is 50.9 Å². The van der Waals surface area contributed by atoms with Crippen molar-refractivity contribution in [2.45, 2.75) is 17.7 Å². The maximum Gasteiger partial charge on any atom is 0.271 e. The van der Waals surface area contributed by atoms with E-state index < -0.39 is 20.9 Å². The molecule has 31 heavy (non-hydrogen) atoms. The number of amides is 1. The lowest BCUT2D eigenvalue weighted by atomic mass is 9.97. The van der Waals surface area contributed by atoms with Crippen molar-refractivity contribution >= 4 is 27.3 Å². The first-order valence-corrected chi connectivity index (χ1v) is 11.0.